The molecular weight excluding hydrogens is 304 g/mol. The molecule has 4 nitrogen and oxygen atoms in total. The standard InChI is InChI=1S/C20H34O4/c1-14(9-13-21)6-7-16-18(2)10-5-11-19(3,17(22)23)15(18)8-12-20(16,4)24/h9,15-16,21,24H,5-8,10-13H2,1-4H3,(H,22,23)/b14-9+/t15-,16-,18+,19+,20-/m1/s1. The Balaban J connectivity index is 2.32. The summed E-state index contributed by atoms with van der Waals surface area (Å²) >= 11 is 0. The Hall–Kier alpha value is -0.870. The Kier molecular flexibility index (Phi) is 5.51. The Labute approximate surface area is 146 Å². The summed E-state index contributed by atoms with van der Waals surface area (Å²) < 4.78 is 0. The van der Waals surface area contributed by atoms with Crippen LogP contribution in [-0.4, -0.2) is 33.5 Å². The summed E-state index contributed by atoms with van der Waals surface area (Å²) in [6, 6.07) is 0. The smallest absolute Gasteiger partial charge is 0.309 e. The second-order valence-electron chi connectivity index (χ2n) is 8.85. The lowest BCUT2D eigenvalue weighted by atomic mass is 9.44. The number of aliphatic carboxylic acids is 1. The molecule has 0 aromatic carbocycles. The van der Waals surface area contributed by atoms with Gasteiger partial charge < -0.3 is 15.3 Å². The van der Waals surface area contributed by atoms with Crippen molar-refractivity contribution in [1.29, 1.82) is 0 Å². The van der Waals surface area contributed by atoms with E-state index in [0.717, 1.165) is 44.1 Å². The average molecular weight is 338 g/mol. The fourth-order valence-corrected chi connectivity index (χ4v) is 5.83. The molecule has 0 aromatic heterocycles. The first-order valence-electron chi connectivity index (χ1n) is 9.30. The minimum absolute atomic E-state index is 0.0455. The fourth-order valence-electron chi connectivity index (χ4n) is 5.83. The van der Waals surface area contributed by atoms with Crippen LogP contribution in [0, 0.1) is 22.7 Å². The molecule has 0 aliphatic heterocycles. The van der Waals surface area contributed by atoms with E-state index in [1.165, 1.54) is 0 Å². The van der Waals surface area contributed by atoms with Gasteiger partial charge in [0, 0.05) is 0 Å². The van der Waals surface area contributed by atoms with Gasteiger partial charge >= 0.3 is 5.97 Å². The summed E-state index contributed by atoms with van der Waals surface area (Å²) in [5.41, 5.74) is -0.442. The zero-order chi connectivity index (χ0) is 18.2. The Morgan fingerprint density at radius 3 is 2.46 bits per heavy atom. The number of fused-ring (bicyclic) bond motifs is 1. The summed E-state index contributed by atoms with van der Waals surface area (Å²) in [5.74, 6) is -0.483. The zero-order valence-corrected chi connectivity index (χ0v) is 15.6. The van der Waals surface area contributed by atoms with Gasteiger partial charge in [0.05, 0.1) is 17.6 Å². The van der Waals surface area contributed by atoms with Gasteiger partial charge in [0.1, 0.15) is 0 Å². The van der Waals surface area contributed by atoms with Gasteiger partial charge in [0.2, 0.25) is 0 Å². The van der Waals surface area contributed by atoms with Crippen LogP contribution in [0.4, 0.5) is 0 Å². The second-order valence-corrected chi connectivity index (χ2v) is 8.85. The van der Waals surface area contributed by atoms with Crippen LogP contribution in [0.3, 0.4) is 0 Å². The Morgan fingerprint density at radius 1 is 1.21 bits per heavy atom. The third kappa shape index (κ3) is 3.28. The van der Waals surface area contributed by atoms with Crippen LogP contribution in [0.1, 0.15) is 72.6 Å². The summed E-state index contributed by atoms with van der Waals surface area (Å²) in [7, 11) is 0. The van der Waals surface area contributed by atoms with Gasteiger partial charge in [-0.3, -0.25) is 4.79 Å². The predicted molar refractivity (Wildman–Crippen MR) is 94.6 cm³/mol. The van der Waals surface area contributed by atoms with Crippen LogP contribution in [0.25, 0.3) is 0 Å². The fraction of sp³-hybridized carbons (Fsp3) is 0.850. The molecule has 0 saturated heterocycles. The minimum Gasteiger partial charge on any atom is -0.481 e. The predicted octanol–water partition coefficient (Wildman–Crippen LogP) is 3.76. The van der Waals surface area contributed by atoms with Crippen LogP contribution >= 0.6 is 0 Å². The molecule has 4 heteroatoms. The molecule has 0 amide bonds. The van der Waals surface area contributed by atoms with Crippen molar-refractivity contribution in [1.82, 2.24) is 0 Å². The highest BCUT2D eigenvalue weighted by Crippen LogP contribution is 2.63. The molecule has 2 saturated carbocycles. The molecule has 0 heterocycles. The molecule has 0 aromatic rings. The van der Waals surface area contributed by atoms with E-state index in [1.807, 2.05) is 26.8 Å². The normalized spacial score (nSPS) is 43.3. The third-order valence-corrected chi connectivity index (χ3v) is 7.22. The topological polar surface area (TPSA) is 77.8 Å². The van der Waals surface area contributed by atoms with Crippen molar-refractivity contribution < 1.29 is 20.1 Å². The zero-order valence-electron chi connectivity index (χ0n) is 15.6. The van der Waals surface area contributed by atoms with Crippen LogP contribution in [0.5, 0.6) is 0 Å². The number of allylic oxidation sites excluding steroid dienone is 1. The summed E-state index contributed by atoms with van der Waals surface area (Å²) in [6.07, 6.45) is 7.60. The average Bonchev–Trinajstić information content (AvgIpc) is 2.45. The lowest BCUT2D eigenvalue weighted by Gasteiger charge is -2.60. The highest BCUT2D eigenvalue weighted by Gasteiger charge is 2.60. The van der Waals surface area contributed by atoms with E-state index in [9.17, 15) is 15.0 Å². The quantitative estimate of drug-likeness (QED) is 0.667. The van der Waals surface area contributed by atoms with E-state index in [2.05, 4.69) is 6.92 Å². The van der Waals surface area contributed by atoms with E-state index in [1.54, 1.807) is 0 Å². The van der Waals surface area contributed by atoms with Crippen molar-refractivity contribution in [2.24, 2.45) is 22.7 Å². The molecule has 0 unspecified atom stereocenters. The van der Waals surface area contributed by atoms with Crippen molar-refractivity contribution in [3.8, 4) is 0 Å². The monoisotopic (exact) mass is 338 g/mol. The second kappa shape index (κ2) is 6.80. The van der Waals surface area contributed by atoms with E-state index < -0.39 is 17.0 Å². The third-order valence-electron chi connectivity index (χ3n) is 7.22. The largest absolute Gasteiger partial charge is 0.481 e. The van der Waals surface area contributed by atoms with Crippen LogP contribution < -0.4 is 0 Å². The number of carbonyl (C=O) groups is 1. The summed E-state index contributed by atoms with van der Waals surface area (Å²) in [4.78, 5) is 12.0. The van der Waals surface area contributed by atoms with Gasteiger partial charge in [0.25, 0.3) is 0 Å². The molecule has 2 aliphatic rings. The van der Waals surface area contributed by atoms with Gasteiger partial charge in [-0.1, -0.05) is 25.0 Å². The number of hydrogen-bond acceptors (Lipinski definition) is 3. The molecule has 2 aliphatic carbocycles. The summed E-state index contributed by atoms with van der Waals surface area (Å²) in [6.45, 7) is 8.10. The van der Waals surface area contributed by atoms with Crippen LogP contribution in [-0.2, 0) is 4.79 Å². The lowest BCUT2D eigenvalue weighted by Crippen LogP contribution is -2.59. The maximum atomic E-state index is 12.0. The highest BCUT2D eigenvalue weighted by atomic mass is 16.4. The maximum absolute atomic E-state index is 12.0. The molecule has 2 rings (SSSR count). The number of hydrogen-bond donors (Lipinski definition) is 3. The van der Waals surface area contributed by atoms with E-state index in [4.69, 9.17) is 5.11 Å². The van der Waals surface area contributed by atoms with Crippen molar-refractivity contribution in [2.75, 3.05) is 6.61 Å². The lowest BCUT2D eigenvalue weighted by molar-refractivity contribution is -0.190. The van der Waals surface area contributed by atoms with Crippen molar-refractivity contribution in [3.05, 3.63) is 11.6 Å². The first-order chi connectivity index (χ1) is 11.1. The van der Waals surface area contributed by atoms with Gasteiger partial charge in [-0.25, -0.2) is 0 Å². The molecule has 0 spiro atoms. The molecule has 24 heavy (non-hydrogen) atoms. The maximum Gasteiger partial charge on any atom is 0.309 e. The van der Waals surface area contributed by atoms with Crippen molar-refractivity contribution >= 4 is 5.97 Å². The van der Waals surface area contributed by atoms with Gasteiger partial charge in [-0.2, -0.15) is 0 Å². The minimum atomic E-state index is -0.749. The molecule has 5 atom stereocenters. The van der Waals surface area contributed by atoms with Crippen LogP contribution in [0.15, 0.2) is 11.6 Å². The van der Waals surface area contributed by atoms with Gasteiger partial charge in [0.15, 0.2) is 0 Å². The molecule has 2 fully saturated rings. The molecule has 0 bridgehead atoms. The van der Waals surface area contributed by atoms with Gasteiger partial charge in [-0.15, -0.1) is 0 Å². The number of carboxylic acid groups (broad SMARTS) is 1. The number of carboxylic acids is 1. The highest BCUT2D eigenvalue weighted by molar-refractivity contribution is 5.75. The first-order valence-corrected chi connectivity index (χ1v) is 9.30. The van der Waals surface area contributed by atoms with E-state index in [-0.39, 0.29) is 23.9 Å². The van der Waals surface area contributed by atoms with Crippen molar-refractivity contribution in [2.45, 2.75) is 78.2 Å². The van der Waals surface area contributed by atoms with Gasteiger partial charge in [-0.05, 0) is 76.5 Å². The van der Waals surface area contributed by atoms with Crippen molar-refractivity contribution in [3.63, 3.8) is 0 Å². The van der Waals surface area contributed by atoms with E-state index in [0.29, 0.717) is 6.42 Å². The number of rotatable bonds is 5. The van der Waals surface area contributed by atoms with Crippen LogP contribution in [0.2, 0.25) is 0 Å². The SMILES string of the molecule is C/C(=C\CO)CC[C@@H]1[C@@]2(C)CCC[C@](C)(C(=O)O)[C@@H]2CC[C@@]1(C)O. The van der Waals surface area contributed by atoms with E-state index >= 15 is 0 Å². The number of aliphatic hydroxyl groups is 2. The number of aliphatic hydroxyl groups excluding tert-OH is 1. The summed E-state index contributed by atoms with van der Waals surface area (Å²) in [5, 5.41) is 30.0. The molecular formula is C20H34O4. The molecule has 138 valence electrons. The Morgan fingerprint density at radius 2 is 1.88 bits per heavy atom. The first kappa shape index (κ1) is 19.5. The molecule has 0 radical (unpaired) electrons. The molecule has 3 N–H and O–H groups in total. The Bertz CT molecular complexity index is 510.